The molecule has 0 bridgehead atoms. The molecule has 168 valence electrons. The van der Waals surface area contributed by atoms with Gasteiger partial charge in [-0.3, -0.25) is 9.89 Å². The minimum Gasteiger partial charge on any atom is -0.493 e. The van der Waals surface area contributed by atoms with Crippen molar-refractivity contribution in [2.24, 2.45) is 4.99 Å². The number of nitrogens with zero attached hydrogens (tertiary/aromatic N) is 2. The molecule has 1 saturated heterocycles. The Balaban J connectivity index is 0.00000272. The summed E-state index contributed by atoms with van der Waals surface area (Å²) >= 11 is 0. The first-order valence-corrected chi connectivity index (χ1v) is 11.3. The highest BCUT2D eigenvalue weighted by Gasteiger charge is 2.22. The van der Waals surface area contributed by atoms with Gasteiger partial charge < -0.3 is 15.4 Å². The molecule has 0 saturated carbocycles. The fraction of sp³-hybridized carbons (Fsp3) is 0.480. The number of likely N-dealkylation sites (tertiary alicyclic amines) is 1. The molecule has 0 radical (unpaired) electrons. The molecule has 2 aliphatic heterocycles. The van der Waals surface area contributed by atoms with Crippen molar-refractivity contribution in [1.82, 2.24) is 15.5 Å². The summed E-state index contributed by atoms with van der Waals surface area (Å²) in [7, 11) is 0. The number of rotatable bonds is 6. The van der Waals surface area contributed by atoms with Gasteiger partial charge in [0, 0.05) is 44.7 Å². The molecule has 0 amide bonds. The van der Waals surface area contributed by atoms with Crippen LogP contribution in [0.5, 0.6) is 5.75 Å². The summed E-state index contributed by atoms with van der Waals surface area (Å²) in [5, 5.41) is 7.12. The van der Waals surface area contributed by atoms with Crippen molar-refractivity contribution in [3.63, 3.8) is 0 Å². The smallest absolute Gasteiger partial charge is 0.191 e. The molecular formula is C25H35IN4O. The van der Waals surface area contributed by atoms with Gasteiger partial charge in [-0.15, -0.1) is 24.0 Å². The Morgan fingerprint density at radius 1 is 1.03 bits per heavy atom. The molecule has 1 unspecified atom stereocenters. The number of para-hydroxylation sites is 1. The van der Waals surface area contributed by atoms with E-state index in [9.17, 15) is 0 Å². The maximum absolute atomic E-state index is 5.80. The van der Waals surface area contributed by atoms with Crippen LogP contribution in [-0.2, 0) is 6.54 Å². The summed E-state index contributed by atoms with van der Waals surface area (Å²) in [6, 6.07) is 19.6. The third-order valence-corrected chi connectivity index (χ3v) is 6.07. The highest BCUT2D eigenvalue weighted by molar-refractivity contribution is 14.0. The van der Waals surface area contributed by atoms with Crippen molar-refractivity contribution in [3.05, 3.63) is 65.7 Å². The Bertz CT molecular complexity index is 821. The van der Waals surface area contributed by atoms with Gasteiger partial charge >= 0.3 is 0 Å². The van der Waals surface area contributed by atoms with Crippen molar-refractivity contribution in [2.45, 2.75) is 44.7 Å². The Labute approximate surface area is 203 Å². The lowest BCUT2D eigenvalue weighted by Gasteiger charge is -2.33. The van der Waals surface area contributed by atoms with Crippen molar-refractivity contribution in [3.8, 4) is 5.75 Å². The molecule has 2 aromatic rings. The van der Waals surface area contributed by atoms with Gasteiger partial charge in [0.05, 0.1) is 6.61 Å². The van der Waals surface area contributed by atoms with E-state index in [1.54, 1.807) is 0 Å². The van der Waals surface area contributed by atoms with Crippen LogP contribution in [0.25, 0.3) is 0 Å². The first kappa shape index (κ1) is 23.9. The lowest BCUT2D eigenvalue weighted by Crippen LogP contribution is -2.48. The minimum absolute atomic E-state index is 0. The van der Waals surface area contributed by atoms with Gasteiger partial charge in [0.15, 0.2) is 5.96 Å². The fourth-order valence-electron chi connectivity index (χ4n) is 4.40. The van der Waals surface area contributed by atoms with E-state index < -0.39 is 0 Å². The van der Waals surface area contributed by atoms with Crippen LogP contribution in [0, 0.1) is 0 Å². The Kier molecular flexibility index (Phi) is 9.46. The molecule has 2 N–H and O–H groups in total. The Morgan fingerprint density at radius 2 is 1.77 bits per heavy atom. The van der Waals surface area contributed by atoms with Crippen LogP contribution >= 0.6 is 24.0 Å². The summed E-state index contributed by atoms with van der Waals surface area (Å²) < 4.78 is 5.80. The maximum Gasteiger partial charge on any atom is 0.191 e. The van der Waals surface area contributed by atoms with E-state index in [1.807, 2.05) is 6.07 Å². The molecule has 1 atom stereocenters. The van der Waals surface area contributed by atoms with Gasteiger partial charge in [-0.2, -0.15) is 0 Å². The third-order valence-electron chi connectivity index (χ3n) is 6.07. The number of guanidine groups is 1. The molecule has 5 nitrogen and oxygen atoms in total. The Hall–Kier alpha value is -1.80. The molecule has 0 spiro atoms. The van der Waals surface area contributed by atoms with Crippen LogP contribution < -0.4 is 15.4 Å². The van der Waals surface area contributed by atoms with E-state index in [0.29, 0.717) is 12.0 Å². The number of halogens is 1. The van der Waals surface area contributed by atoms with Gasteiger partial charge in [-0.05, 0) is 43.4 Å². The van der Waals surface area contributed by atoms with Crippen molar-refractivity contribution >= 4 is 29.9 Å². The van der Waals surface area contributed by atoms with E-state index in [-0.39, 0.29) is 24.0 Å². The number of fused-ring (bicyclic) bond motifs is 1. The largest absolute Gasteiger partial charge is 0.493 e. The van der Waals surface area contributed by atoms with E-state index in [2.05, 4.69) is 71.0 Å². The summed E-state index contributed by atoms with van der Waals surface area (Å²) in [4.78, 5) is 7.49. The first-order chi connectivity index (χ1) is 14.8. The second-order valence-electron chi connectivity index (χ2n) is 8.27. The van der Waals surface area contributed by atoms with E-state index in [0.717, 1.165) is 70.3 Å². The minimum atomic E-state index is 0. The standard InChI is InChI=1S/C25H34N4O.HI/c1-2-26-25(27-18-21-14-17-30-24-11-7-6-10-23(21)24)28-22-12-15-29(16-13-22)19-20-8-4-3-5-9-20;/h3-11,21-22H,2,12-19H2,1H3,(H2,26,27,28);1H. The average Bonchev–Trinajstić information content (AvgIpc) is 2.79. The lowest BCUT2D eigenvalue weighted by molar-refractivity contribution is 0.198. The van der Waals surface area contributed by atoms with Crippen molar-refractivity contribution in [1.29, 1.82) is 0 Å². The van der Waals surface area contributed by atoms with Crippen LogP contribution in [0.4, 0.5) is 0 Å². The zero-order chi connectivity index (χ0) is 20.6. The van der Waals surface area contributed by atoms with E-state index in [1.165, 1.54) is 11.1 Å². The quantitative estimate of drug-likeness (QED) is 0.328. The van der Waals surface area contributed by atoms with Gasteiger partial charge in [0.2, 0.25) is 0 Å². The predicted molar refractivity (Wildman–Crippen MR) is 139 cm³/mol. The predicted octanol–water partition coefficient (Wildman–Crippen LogP) is 4.39. The number of ether oxygens (including phenoxy) is 1. The number of piperidine rings is 1. The molecule has 0 aliphatic carbocycles. The van der Waals surface area contributed by atoms with Crippen molar-refractivity contribution in [2.75, 3.05) is 32.8 Å². The molecule has 1 fully saturated rings. The summed E-state index contributed by atoms with van der Waals surface area (Å²) in [6.07, 6.45) is 3.33. The van der Waals surface area contributed by atoms with Gasteiger partial charge in [-0.25, -0.2) is 0 Å². The van der Waals surface area contributed by atoms with E-state index >= 15 is 0 Å². The molecule has 6 heteroatoms. The number of nitrogens with one attached hydrogen (secondary N) is 2. The second-order valence-corrected chi connectivity index (χ2v) is 8.27. The summed E-state index contributed by atoms with van der Waals surface area (Å²) in [6.45, 7) is 7.87. The molecule has 2 aliphatic rings. The second kappa shape index (κ2) is 12.3. The number of hydrogen-bond donors (Lipinski definition) is 2. The zero-order valence-electron chi connectivity index (χ0n) is 18.4. The molecular weight excluding hydrogens is 499 g/mol. The number of hydrogen-bond acceptors (Lipinski definition) is 3. The average molecular weight is 534 g/mol. The van der Waals surface area contributed by atoms with E-state index in [4.69, 9.17) is 9.73 Å². The third kappa shape index (κ3) is 6.84. The maximum atomic E-state index is 5.80. The fourth-order valence-corrected chi connectivity index (χ4v) is 4.40. The van der Waals surface area contributed by atoms with Crippen LogP contribution in [0.15, 0.2) is 59.6 Å². The molecule has 2 aromatic carbocycles. The summed E-state index contributed by atoms with van der Waals surface area (Å²) in [5.74, 6) is 2.40. The zero-order valence-corrected chi connectivity index (χ0v) is 20.8. The topological polar surface area (TPSA) is 48.9 Å². The Morgan fingerprint density at radius 3 is 2.55 bits per heavy atom. The lowest BCUT2D eigenvalue weighted by atomic mass is 9.93. The SMILES string of the molecule is CCNC(=NCC1CCOc2ccccc21)NC1CCN(Cc2ccccc2)CC1.I. The number of benzene rings is 2. The molecule has 31 heavy (non-hydrogen) atoms. The van der Waals surface area contributed by atoms with Gasteiger partial charge in [-0.1, -0.05) is 48.5 Å². The normalized spacial score (nSPS) is 19.6. The molecule has 2 heterocycles. The van der Waals surface area contributed by atoms with Gasteiger partial charge in [0.25, 0.3) is 0 Å². The van der Waals surface area contributed by atoms with Crippen LogP contribution in [-0.4, -0.2) is 49.7 Å². The highest BCUT2D eigenvalue weighted by Crippen LogP contribution is 2.33. The van der Waals surface area contributed by atoms with Crippen LogP contribution in [0.1, 0.15) is 43.2 Å². The number of aliphatic imine (C=N–C) groups is 1. The van der Waals surface area contributed by atoms with Crippen molar-refractivity contribution < 1.29 is 4.74 Å². The van der Waals surface area contributed by atoms with Gasteiger partial charge in [0.1, 0.15) is 5.75 Å². The monoisotopic (exact) mass is 534 g/mol. The van der Waals surface area contributed by atoms with Crippen LogP contribution in [0.2, 0.25) is 0 Å². The van der Waals surface area contributed by atoms with Crippen LogP contribution in [0.3, 0.4) is 0 Å². The highest BCUT2D eigenvalue weighted by atomic mass is 127. The first-order valence-electron chi connectivity index (χ1n) is 11.3. The molecule has 0 aromatic heterocycles. The summed E-state index contributed by atoms with van der Waals surface area (Å²) in [5.41, 5.74) is 2.69. The molecule has 4 rings (SSSR count).